The quantitative estimate of drug-likeness (QED) is 0.826. The molecule has 2 aromatic rings. The molecule has 0 radical (unpaired) electrons. The van der Waals surface area contributed by atoms with E-state index >= 15 is 0 Å². The van der Waals surface area contributed by atoms with Crippen molar-refractivity contribution in [1.29, 1.82) is 0 Å². The first-order valence-electron chi connectivity index (χ1n) is 5.06. The van der Waals surface area contributed by atoms with E-state index in [4.69, 9.17) is 0 Å². The first-order chi connectivity index (χ1) is 7.66. The van der Waals surface area contributed by atoms with Crippen LogP contribution in [0.25, 0.3) is 0 Å². The highest BCUT2D eigenvalue weighted by molar-refractivity contribution is 5.25. The van der Waals surface area contributed by atoms with Gasteiger partial charge in [0.15, 0.2) is 0 Å². The summed E-state index contributed by atoms with van der Waals surface area (Å²) in [6, 6.07) is 3.61. The first-order valence-corrected chi connectivity index (χ1v) is 5.06. The SMILES string of the molecule is Cc1cncc(C(O)c2ccnc(C)n2)c1. The van der Waals surface area contributed by atoms with Crippen LogP contribution in [0, 0.1) is 13.8 Å². The van der Waals surface area contributed by atoms with Crippen molar-refractivity contribution in [1.82, 2.24) is 15.0 Å². The Hall–Kier alpha value is -1.81. The molecule has 0 fully saturated rings. The highest BCUT2D eigenvalue weighted by Gasteiger charge is 2.12. The van der Waals surface area contributed by atoms with Crippen LogP contribution in [-0.2, 0) is 0 Å². The molecule has 2 heterocycles. The third kappa shape index (κ3) is 2.23. The number of aromatic nitrogens is 3. The van der Waals surface area contributed by atoms with Gasteiger partial charge in [-0.2, -0.15) is 0 Å². The van der Waals surface area contributed by atoms with Crippen molar-refractivity contribution < 1.29 is 5.11 Å². The Kier molecular flexibility index (Phi) is 2.92. The van der Waals surface area contributed by atoms with Crippen LogP contribution < -0.4 is 0 Å². The second-order valence-electron chi connectivity index (χ2n) is 3.73. The molecule has 0 aliphatic rings. The Labute approximate surface area is 94.0 Å². The zero-order chi connectivity index (χ0) is 11.5. The smallest absolute Gasteiger partial charge is 0.125 e. The number of nitrogens with zero attached hydrogens (tertiary/aromatic N) is 3. The van der Waals surface area contributed by atoms with Gasteiger partial charge in [0.1, 0.15) is 11.9 Å². The van der Waals surface area contributed by atoms with Crippen molar-refractivity contribution in [3.8, 4) is 0 Å². The Morgan fingerprint density at radius 3 is 2.75 bits per heavy atom. The maximum absolute atomic E-state index is 10.1. The standard InChI is InChI=1S/C12H13N3O/c1-8-5-10(7-13-6-8)12(16)11-3-4-14-9(2)15-11/h3-7,12,16H,1-2H3. The molecule has 0 saturated heterocycles. The summed E-state index contributed by atoms with van der Waals surface area (Å²) in [4.78, 5) is 12.2. The minimum Gasteiger partial charge on any atom is -0.382 e. The van der Waals surface area contributed by atoms with Gasteiger partial charge < -0.3 is 5.11 Å². The number of aryl methyl sites for hydroxylation is 2. The van der Waals surface area contributed by atoms with Crippen LogP contribution in [-0.4, -0.2) is 20.1 Å². The Bertz CT molecular complexity index is 454. The minimum atomic E-state index is -0.742. The van der Waals surface area contributed by atoms with E-state index in [1.165, 1.54) is 0 Å². The van der Waals surface area contributed by atoms with Crippen molar-refractivity contribution in [2.45, 2.75) is 20.0 Å². The van der Waals surface area contributed by atoms with E-state index in [0.717, 1.165) is 11.1 Å². The van der Waals surface area contributed by atoms with Crippen LogP contribution >= 0.6 is 0 Å². The average Bonchev–Trinajstić information content (AvgIpc) is 2.28. The molecule has 0 spiro atoms. The maximum Gasteiger partial charge on any atom is 0.125 e. The number of hydrogen-bond donors (Lipinski definition) is 1. The van der Waals surface area contributed by atoms with E-state index < -0.39 is 6.10 Å². The summed E-state index contributed by atoms with van der Waals surface area (Å²) in [5.74, 6) is 0.650. The largest absolute Gasteiger partial charge is 0.382 e. The lowest BCUT2D eigenvalue weighted by Crippen LogP contribution is -2.04. The third-order valence-corrected chi connectivity index (χ3v) is 2.29. The predicted molar refractivity (Wildman–Crippen MR) is 59.8 cm³/mol. The topological polar surface area (TPSA) is 58.9 Å². The van der Waals surface area contributed by atoms with E-state index in [-0.39, 0.29) is 0 Å². The van der Waals surface area contributed by atoms with Gasteiger partial charge >= 0.3 is 0 Å². The van der Waals surface area contributed by atoms with Gasteiger partial charge in [-0.3, -0.25) is 4.98 Å². The van der Waals surface area contributed by atoms with E-state index in [0.29, 0.717) is 11.5 Å². The number of aliphatic hydroxyl groups is 1. The van der Waals surface area contributed by atoms with E-state index in [2.05, 4.69) is 15.0 Å². The van der Waals surface area contributed by atoms with Gasteiger partial charge in [-0.1, -0.05) is 6.07 Å². The number of pyridine rings is 1. The summed E-state index contributed by atoms with van der Waals surface area (Å²) < 4.78 is 0. The number of rotatable bonds is 2. The molecule has 4 heteroatoms. The molecule has 0 aliphatic heterocycles. The summed E-state index contributed by atoms with van der Waals surface area (Å²) in [6.45, 7) is 3.74. The molecule has 4 nitrogen and oxygen atoms in total. The Morgan fingerprint density at radius 1 is 1.25 bits per heavy atom. The molecule has 82 valence electrons. The van der Waals surface area contributed by atoms with E-state index in [9.17, 15) is 5.11 Å². The molecule has 0 aromatic carbocycles. The van der Waals surface area contributed by atoms with Crippen LogP contribution in [0.5, 0.6) is 0 Å². The molecule has 0 amide bonds. The molecule has 0 bridgehead atoms. The molecule has 2 aromatic heterocycles. The van der Waals surface area contributed by atoms with E-state index in [1.807, 2.05) is 13.0 Å². The van der Waals surface area contributed by atoms with Crippen molar-refractivity contribution in [2.24, 2.45) is 0 Å². The van der Waals surface area contributed by atoms with Crippen LogP contribution in [0.4, 0.5) is 0 Å². The van der Waals surface area contributed by atoms with Crippen molar-refractivity contribution >= 4 is 0 Å². The fourth-order valence-electron chi connectivity index (χ4n) is 1.53. The lowest BCUT2D eigenvalue weighted by atomic mass is 10.1. The van der Waals surface area contributed by atoms with E-state index in [1.54, 1.807) is 31.6 Å². The fraction of sp³-hybridized carbons (Fsp3) is 0.250. The normalized spacial score (nSPS) is 12.4. The van der Waals surface area contributed by atoms with Gasteiger partial charge in [0.05, 0.1) is 5.69 Å². The molecule has 0 aliphatic carbocycles. The summed E-state index contributed by atoms with van der Waals surface area (Å²) in [6.07, 6.45) is 4.30. The zero-order valence-corrected chi connectivity index (χ0v) is 9.25. The van der Waals surface area contributed by atoms with Crippen LogP contribution in [0.3, 0.4) is 0 Å². The van der Waals surface area contributed by atoms with Crippen molar-refractivity contribution in [3.05, 3.63) is 53.4 Å². The maximum atomic E-state index is 10.1. The predicted octanol–water partition coefficient (Wildman–Crippen LogP) is 1.57. The second kappa shape index (κ2) is 4.37. The second-order valence-corrected chi connectivity index (χ2v) is 3.73. The van der Waals surface area contributed by atoms with Crippen LogP contribution in [0.15, 0.2) is 30.7 Å². The molecule has 1 atom stereocenters. The van der Waals surface area contributed by atoms with Crippen LogP contribution in [0.1, 0.15) is 28.7 Å². The molecule has 16 heavy (non-hydrogen) atoms. The van der Waals surface area contributed by atoms with Crippen LogP contribution in [0.2, 0.25) is 0 Å². The molecular formula is C12H13N3O. The number of aliphatic hydroxyl groups excluding tert-OH is 1. The molecule has 1 unspecified atom stereocenters. The first kappa shape index (κ1) is 10.7. The van der Waals surface area contributed by atoms with Crippen molar-refractivity contribution in [2.75, 3.05) is 0 Å². The Balaban J connectivity index is 2.35. The lowest BCUT2D eigenvalue weighted by molar-refractivity contribution is 0.214. The summed E-state index contributed by atoms with van der Waals surface area (Å²) in [5, 5.41) is 10.1. The molecule has 1 N–H and O–H groups in total. The summed E-state index contributed by atoms with van der Waals surface area (Å²) in [7, 11) is 0. The fourth-order valence-corrected chi connectivity index (χ4v) is 1.53. The highest BCUT2D eigenvalue weighted by Crippen LogP contribution is 2.19. The Morgan fingerprint density at radius 2 is 2.06 bits per heavy atom. The number of hydrogen-bond acceptors (Lipinski definition) is 4. The van der Waals surface area contributed by atoms with Gasteiger partial charge in [0.25, 0.3) is 0 Å². The third-order valence-electron chi connectivity index (χ3n) is 2.29. The minimum absolute atomic E-state index is 0.597. The summed E-state index contributed by atoms with van der Waals surface area (Å²) in [5.41, 5.74) is 2.36. The molecule has 2 rings (SSSR count). The molecular weight excluding hydrogens is 202 g/mol. The average molecular weight is 215 g/mol. The molecule has 0 saturated carbocycles. The van der Waals surface area contributed by atoms with Gasteiger partial charge in [-0.05, 0) is 25.5 Å². The van der Waals surface area contributed by atoms with Gasteiger partial charge in [-0.25, -0.2) is 9.97 Å². The highest BCUT2D eigenvalue weighted by atomic mass is 16.3. The zero-order valence-electron chi connectivity index (χ0n) is 9.25. The van der Waals surface area contributed by atoms with Gasteiger partial charge in [-0.15, -0.1) is 0 Å². The van der Waals surface area contributed by atoms with Gasteiger partial charge in [0, 0.05) is 24.2 Å². The lowest BCUT2D eigenvalue weighted by Gasteiger charge is -2.10. The monoisotopic (exact) mass is 215 g/mol. The van der Waals surface area contributed by atoms with Gasteiger partial charge in [0.2, 0.25) is 0 Å². The summed E-state index contributed by atoms with van der Waals surface area (Å²) >= 11 is 0. The van der Waals surface area contributed by atoms with Crippen molar-refractivity contribution in [3.63, 3.8) is 0 Å².